The topological polar surface area (TPSA) is 52.0 Å². The van der Waals surface area contributed by atoms with Gasteiger partial charge in [0.15, 0.2) is 0 Å². The van der Waals surface area contributed by atoms with E-state index in [4.69, 9.17) is 10.3 Å². The molecular weight excluding hydrogens is 164 g/mol. The molecule has 0 aromatic carbocycles. The quantitative estimate of drug-likeness (QED) is 0.754. The third-order valence-corrected chi connectivity index (χ3v) is 3.25. The van der Waals surface area contributed by atoms with Gasteiger partial charge in [0, 0.05) is 16.5 Å². The fourth-order valence-electron chi connectivity index (χ4n) is 2.14. The van der Waals surface area contributed by atoms with Crippen molar-refractivity contribution >= 4 is 0 Å². The first-order valence-electron chi connectivity index (χ1n) is 4.68. The van der Waals surface area contributed by atoms with E-state index in [0.29, 0.717) is 0 Å². The lowest BCUT2D eigenvalue weighted by Gasteiger charge is -2.30. The van der Waals surface area contributed by atoms with Crippen molar-refractivity contribution < 1.29 is 4.52 Å². The number of aryl methyl sites for hydroxylation is 1. The van der Waals surface area contributed by atoms with Gasteiger partial charge in [0.2, 0.25) is 0 Å². The van der Waals surface area contributed by atoms with Gasteiger partial charge >= 0.3 is 0 Å². The molecule has 3 nitrogen and oxygen atoms in total. The maximum absolute atomic E-state index is 6.17. The summed E-state index contributed by atoms with van der Waals surface area (Å²) in [5.41, 5.74) is 7.31. The molecule has 13 heavy (non-hydrogen) atoms. The number of hydrogen-bond donors (Lipinski definition) is 1. The zero-order chi connectivity index (χ0) is 9.69. The van der Waals surface area contributed by atoms with Gasteiger partial charge in [-0.1, -0.05) is 5.16 Å². The first-order valence-corrected chi connectivity index (χ1v) is 4.68. The first-order chi connectivity index (χ1) is 5.97. The summed E-state index contributed by atoms with van der Waals surface area (Å²) in [4.78, 5) is 0. The van der Waals surface area contributed by atoms with Gasteiger partial charge in [0.1, 0.15) is 5.76 Å². The molecule has 72 valence electrons. The van der Waals surface area contributed by atoms with E-state index in [1.165, 1.54) is 5.56 Å². The zero-order valence-corrected chi connectivity index (χ0v) is 8.42. The van der Waals surface area contributed by atoms with Crippen LogP contribution in [0.2, 0.25) is 0 Å². The second-order valence-corrected chi connectivity index (χ2v) is 4.60. The fraction of sp³-hybridized carbons (Fsp3) is 0.700. The molecule has 0 unspecified atom stereocenters. The van der Waals surface area contributed by atoms with Gasteiger partial charge in [-0.25, -0.2) is 0 Å². The van der Waals surface area contributed by atoms with Crippen molar-refractivity contribution in [2.24, 2.45) is 5.73 Å². The molecule has 0 amide bonds. The fourth-order valence-corrected chi connectivity index (χ4v) is 2.14. The highest BCUT2D eigenvalue weighted by Crippen LogP contribution is 2.55. The average Bonchev–Trinajstić information content (AvgIpc) is 2.70. The molecule has 1 heterocycles. The van der Waals surface area contributed by atoms with E-state index < -0.39 is 0 Å². The zero-order valence-electron chi connectivity index (χ0n) is 8.42. The van der Waals surface area contributed by atoms with E-state index in [-0.39, 0.29) is 11.0 Å². The van der Waals surface area contributed by atoms with E-state index in [9.17, 15) is 0 Å². The molecule has 0 saturated heterocycles. The van der Waals surface area contributed by atoms with Crippen molar-refractivity contribution in [3.05, 3.63) is 17.5 Å². The summed E-state index contributed by atoms with van der Waals surface area (Å²) < 4.78 is 5.08. The van der Waals surface area contributed by atoms with Gasteiger partial charge in [-0.05, 0) is 33.6 Å². The van der Waals surface area contributed by atoms with Crippen LogP contribution in [0, 0.1) is 6.92 Å². The Balaban J connectivity index is 2.42. The standard InChI is InChI=1S/C10H16N2O/c1-7-8(6-12-13-7)10(4-5-10)9(2,3)11/h6H,4-5,11H2,1-3H3. The molecule has 0 bridgehead atoms. The van der Waals surface area contributed by atoms with Crippen LogP contribution in [0.25, 0.3) is 0 Å². The Labute approximate surface area is 78.3 Å². The van der Waals surface area contributed by atoms with Crippen LogP contribution in [0.5, 0.6) is 0 Å². The number of rotatable bonds is 2. The summed E-state index contributed by atoms with van der Waals surface area (Å²) in [5.74, 6) is 0.913. The molecular formula is C10H16N2O. The van der Waals surface area contributed by atoms with Gasteiger partial charge in [-0.3, -0.25) is 0 Å². The molecule has 0 aliphatic heterocycles. The lowest BCUT2D eigenvalue weighted by atomic mass is 9.80. The third-order valence-electron chi connectivity index (χ3n) is 3.25. The SMILES string of the molecule is Cc1oncc1C1(C(C)(C)N)CC1. The lowest BCUT2D eigenvalue weighted by Crippen LogP contribution is -2.45. The summed E-state index contributed by atoms with van der Waals surface area (Å²) in [7, 11) is 0. The molecule has 0 radical (unpaired) electrons. The molecule has 3 heteroatoms. The van der Waals surface area contributed by atoms with Crippen molar-refractivity contribution in [3.8, 4) is 0 Å². The van der Waals surface area contributed by atoms with Crippen LogP contribution in [-0.4, -0.2) is 10.7 Å². The van der Waals surface area contributed by atoms with Crippen LogP contribution >= 0.6 is 0 Å². The molecule has 1 saturated carbocycles. The molecule has 2 rings (SSSR count). The number of hydrogen-bond acceptors (Lipinski definition) is 3. The largest absolute Gasteiger partial charge is 0.361 e. The van der Waals surface area contributed by atoms with Gasteiger partial charge in [-0.15, -0.1) is 0 Å². The van der Waals surface area contributed by atoms with Crippen LogP contribution in [-0.2, 0) is 5.41 Å². The number of aromatic nitrogens is 1. The Kier molecular flexibility index (Phi) is 1.58. The second-order valence-electron chi connectivity index (χ2n) is 4.60. The van der Waals surface area contributed by atoms with Crippen LogP contribution in [0.3, 0.4) is 0 Å². The van der Waals surface area contributed by atoms with Crippen molar-refractivity contribution in [2.75, 3.05) is 0 Å². The highest BCUT2D eigenvalue weighted by atomic mass is 16.5. The van der Waals surface area contributed by atoms with Crippen LogP contribution < -0.4 is 5.73 Å². The maximum Gasteiger partial charge on any atom is 0.137 e. The molecule has 1 fully saturated rings. The van der Waals surface area contributed by atoms with Gasteiger partial charge < -0.3 is 10.3 Å². The first kappa shape index (κ1) is 8.75. The highest BCUT2D eigenvalue weighted by Gasteiger charge is 2.55. The van der Waals surface area contributed by atoms with E-state index in [0.717, 1.165) is 18.6 Å². The van der Waals surface area contributed by atoms with Crippen LogP contribution in [0.4, 0.5) is 0 Å². The summed E-state index contributed by atoms with van der Waals surface area (Å²) >= 11 is 0. The Morgan fingerprint density at radius 3 is 2.46 bits per heavy atom. The Morgan fingerprint density at radius 1 is 1.54 bits per heavy atom. The predicted octanol–water partition coefficient (Wildman–Crippen LogP) is 1.75. The Morgan fingerprint density at radius 2 is 2.15 bits per heavy atom. The van der Waals surface area contributed by atoms with Gasteiger partial charge in [0.05, 0.1) is 6.20 Å². The summed E-state index contributed by atoms with van der Waals surface area (Å²) in [6.07, 6.45) is 4.12. The third kappa shape index (κ3) is 1.10. The summed E-state index contributed by atoms with van der Waals surface area (Å²) in [6.45, 7) is 6.10. The molecule has 1 aromatic rings. The maximum atomic E-state index is 6.17. The van der Waals surface area contributed by atoms with Gasteiger partial charge in [-0.2, -0.15) is 0 Å². The van der Waals surface area contributed by atoms with Crippen molar-refractivity contribution in [1.29, 1.82) is 0 Å². The summed E-state index contributed by atoms with van der Waals surface area (Å²) in [6, 6.07) is 0. The van der Waals surface area contributed by atoms with E-state index in [1.807, 2.05) is 13.1 Å². The average molecular weight is 180 g/mol. The molecule has 1 aliphatic rings. The number of nitrogens with two attached hydrogens (primary N) is 1. The minimum atomic E-state index is -0.177. The minimum absolute atomic E-state index is 0.122. The lowest BCUT2D eigenvalue weighted by molar-refractivity contribution is 0.371. The van der Waals surface area contributed by atoms with E-state index >= 15 is 0 Å². The van der Waals surface area contributed by atoms with Crippen molar-refractivity contribution in [1.82, 2.24) is 5.16 Å². The molecule has 1 aromatic heterocycles. The van der Waals surface area contributed by atoms with Crippen molar-refractivity contribution in [2.45, 2.75) is 44.6 Å². The predicted molar refractivity (Wildman–Crippen MR) is 50.4 cm³/mol. The smallest absolute Gasteiger partial charge is 0.137 e. The van der Waals surface area contributed by atoms with Crippen LogP contribution in [0.15, 0.2) is 10.7 Å². The monoisotopic (exact) mass is 180 g/mol. The molecule has 1 aliphatic carbocycles. The van der Waals surface area contributed by atoms with E-state index in [2.05, 4.69) is 19.0 Å². The second kappa shape index (κ2) is 2.35. The minimum Gasteiger partial charge on any atom is -0.361 e. The van der Waals surface area contributed by atoms with Crippen LogP contribution in [0.1, 0.15) is 38.0 Å². The number of nitrogens with zero attached hydrogens (tertiary/aromatic N) is 1. The normalized spacial score (nSPS) is 20.3. The van der Waals surface area contributed by atoms with Gasteiger partial charge in [0.25, 0.3) is 0 Å². The summed E-state index contributed by atoms with van der Waals surface area (Å²) in [5, 5.41) is 3.81. The molecule has 2 N–H and O–H groups in total. The molecule has 0 spiro atoms. The highest BCUT2D eigenvalue weighted by molar-refractivity contribution is 5.36. The van der Waals surface area contributed by atoms with Crippen molar-refractivity contribution in [3.63, 3.8) is 0 Å². The van der Waals surface area contributed by atoms with E-state index in [1.54, 1.807) is 0 Å². The Bertz CT molecular complexity index is 318. The molecule has 0 atom stereocenters. The Hall–Kier alpha value is -0.830.